The van der Waals surface area contributed by atoms with Crippen LogP contribution in [0.2, 0.25) is 0 Å². The molecule has 0 fully saturated rings. The maximum Gasteiger partial charge on any atom is 2.00 e. The Balaban J connectivity index is 0.000000296. The van der Waals surface area contributed by atoms with Gasteiger partial charge in [-0.3, -0.25) is 0 Å². The fraction of sp³-hybridized carbons (Fsp3) is 0.586. The van der Waals surface area contributed by atoms with E-state index in [2.05, 4.69) is 215 Å². The van der Waals surface area contributed by atoms with E-state index in [0.29, 0.717) is 35.8 Å². The van der Waals surface area contributed by atoms with Crippen LogP contribution in [-0.2, 0) is 65.3 Å². The Morgan fingerprint density at radius 2 is 0.478 bits per heavy atom. The molecule has 0 N–H and O–H groups in total. The van der Waals surface area contributed by atoms with Crippen LogP contribution in [-0.4, -0.2) is 48.9 Å². The van der Waals surface area contributed by atoms with Gasteiger partial charge >= 0.3 is 64.5 Å². The van der Waals surface area contributed by atoms with Gasteiger partial charge in [0.15, 0.2) is 0 Å². The van der Waals surface area contributed by atoms with Crippen molar-refractivity contribution in [1.29, 1.82) is 0 Å². The normalized spacial score (nSPS) is 16.3. The van der Waals surface area contributed by atoms with Crippen LogP contribution in [0.4, 0.5) is 0 Å². The molecule has 0 atom stereocenters. The molecule has 4 aromatic rings. The van der Waals surface area contributed by atoms with Gasteiger partial charge in [-0.05, 0) is 87.8 Å². The first-order valence-corrected chi connectivity index (χ1v) is 27.2. The summed E-state index contributed by atoms with van der Waals surface area (Å²) in [7, 11) is -9.35. The van der Waals surface area contributed by atoms with Gasteiger partial charge in [-0.25, -0.2) is 9.13 Å². The van der Waals surface area contributed by atoms with Crippen LogP contribution < -0.4 is 27.9 Å². The van der Waals surface area contributed by atoms with Crippen LogP contribution in [0, 0.1) is 0 Å². The van der Waals surface area contributed by atoms with Crippen LogP contribution in [0.5, 0.6) is 23.0 Å². The van der Waals surface area contributed by atoms with Gasteiger partial charge in [0.2, 0.25) is 0 Å². The van der Waals surface area contributed by atoms with Crippen molar-refractivity contribution >= 4 is 64.5 Å². The van der Waals surface area contributed by atoms with Crippen molar-refractivity contribution in [2.75, 3.05) is 0 Å². The van der Waals surface area contributed by atoms with Crippen molar-refractivity contribution < 1.29 is 37.0 Å². The summed E-state index contributed by atoms with van der Waals surface area (Å²) in [4.78, 5) is 26.5. The molecule has 2 aliphatic heterocycles. The number of phosphoric ester groups is 2. The smallest absolute Gasteiger partial charge is 0.736 e. The molecule has 0 bridgehead atoms. The van der Waals surface area contributed by atoms with Crippen molar-refractivity contribution in [2.45, 2.75) is 222 Å². The molecular weight excluding hydrogens is 1020 g/mol. The molecule has 4 aromatic carbocycles. The third-order valence-corrected chi connectivity index (χ3v) is 14.6. The summed E-state index contributed by atoms with van der Waals surface area (Å²) in [5.41, 5.74) is 10.0. The monoisotopic (exact) mass is 1110 g/mol. The van der Waals surface area contributed by atoms with E-state index >= 15 is 0 Å². The Bertz CT molecular complexity index is 2320. The predicted octanol–water partition coefficient (Wildman–Crippen LogP) is 15.0. The fourth-order valence-electron chi connectivity index (χ4n) is 8.57. The van der Waals surface area contributed by atoms with E-state index in [9.17, 15) is 18.9 Å². The van der Waals surface area contributed by atoms with E-state index in [-0.39, 0.29) is 92.2 Å². The number of hydrogen-bond acceptors (Lipinski definition) is 8. The zero-order valence-corrected chi connectivity index (χ0v) is 53.1. The number of rotatable bonds is 0. The summed E-state index contributed by atoms with van der Waals surface area (Å²) in [6.07, 6.45) is 1.06. The molecule has 0 amide bonds. The summed E-state index contributed by atoms with van der Waals surface area (Å²) in [6, 6.07) is 16.8. The first kappa shape index (κ1) is 59.6. The Labute approximate surface area is 458 Å². The molecule has 69 heavy (non-hydrogen) atoms. The molecule has 0 spiro atoms. The molecule has 0 saturated carbocycles. The SMILES string of the molecule is CC(C)(C)c1cc2c(c(C(C)(C)C)c1)OP(=O)([O-])Oc1c(cc(C(C)(C)C)cc1C(C)(C)C)C2.CC(C)(C)c1cc2c(c(C(C)(C)C)c1)OP(=O)([O-])Oc1c(cc(C(C)(C)C)cc1C(C)(C)C)C2.[Ba+2]. The van der Waals surface area contributed by atoms with E-state index in [4.69, 9.17) is 18.1 Å². The summed E-state index contributed by atoms with van der Waals surface area (Å²) in [6.45, 7) is 51.1. The first-order valence-electron chi connectivity index (χ1n) is 24.3. The Morgan fingerprint density at radius 1 is 0.319 bits per heavy atom. The Kier molecular flexibility index (Phi) is 16.7. The maximum absolute atomic E-state index is 13.3. The molecule has 11 heteroatoms. The van der Waals surface area contributed by atoms with Crippen molar-refractivity contribution in [1.82, 2.24) is 0 Å². The Hall–Kier alpha value is -1.97. The summed E-state index contributed by atoms with van der Waals surface area (Å²) >= 11 is 0. The summed E-state index contributed by atoms with van der Waals surface area (Å²) in [5.74, 6) is 1.62. The average molecular weight is 1110 g/mol. The number of benzene rings is 4. The van der Waals surface area contributed by atoms with E-state index in [1.807, 2.05) is 0 Å². The molecular formula is C58H84BaO8P2. The van der Waals surface area contributed by atoms with Crippen molar-refractivity contribution in [3.63, 3.8) is 0 Å². The first-order chi connectivity index (χ1) is 30.2. The molecule has 0 unspecified atom stereocenters. The van der Waals surface area contributed by atoms with Crippen molar-refractivity contribution in [3.8, 4) is 23.0 Å². The third-order valence-electron chi connectivity index (χ3n) is 12.9. The quantitative estimate of drug-likeness (QED) is 0.126. The van der Waals surface area contributed by atoms with E-state index in [1.165, 1.54) is 0 Å². The second kappa shape index (κ2) is 19.4. The van der Waals surface area contributed by atoms with E-state index in [1.54, 1.807) is 0 Å². The number of hydrogen-bond donors (Lipinski definition) is 0. The van der Waals surface area contributed by atoms with Crippen LogP contribution in [0.3, 0.4) is 0 Å². The van der Waals surface area contributed by atoms with Gasteiger partial charge in [-0.15, -0.1) is 0 Å². The van der Waals surface area contributed by atoms with Gasteiger partial charge < -0.3 is 27.9 Å². The third kappa shape index (κ3) is 14.2. The molecule has 376 valence electrons. The summed E-state index contributed by atoms with van der Waals surface area (Å²) in [5, 5.41) is 0. The number of fused-ring (bicyclic) bond motifs is 4. The predicted molar refractivity (Wildman–Crippen MR) is 284 cm³/mol. The Morgan fingerprint density at radius 3 is 0.609 bits per heavy atom. The zero-order valence-electron chi connectivity index (χ0n) is 46.9. The summed E-state index contributed by atoms with van der Waals surface area (Å²) < 4.78 is 49.5. The average Bonchev–Trinajstić information content (AvgIpc) is 3.08. The van der Waals surface area contributed by atoms with Crippen LogP contribution in [0.25, 0.3) is 0 Å². The van der Waals surface area contributed by atoms with Crippen LogP contribution in [0.15, 0.2) is 48.5 Å². The largest absolute Gasteiger partial charge is 2.00 e. The molecule has 2 aliphatic rings. The molecule has 0 radical (unpaired) electrons. The van der Waals surface area contributed by atoms with Crippen molar-refractivity contribution in [2.24, 2.45) is 0 Å². The standard InChI is InChI=1S/2C29H43O4P.Ba/c2*1-26(2,3)20-14-18-13-19-15-21(27(4,5)6)17-23(29(10,11)12)25(19)33-34(30,31)32-24(18)22(16-20)28(7,8)9;/h2*14-17H,13H2,1-12H3,(H,30,31);/q;;+2/p-2. The fourth-order valence-corrected chi connectivity index (χ4v) is 10.4. The second-order valence-corrected chi connectivity index (χ2v) is 30.2. The van der Waals surface area contributed by atoms with Crippen LogP contribution in [0.1, 0.15) is 233 Å². The maximum atomic E-state index is 13.3. The van der Waals surface area contributed by atoms with Gasteiger partial charge in [-0.2, -0.15) is 0 Å². The van der Waals surface area contributed by atoms with Gasteiger partial charge in [0.05, 0.1) is 0 Å². The molecule has 0 saturated heterocycles. The minimum absolute atomic E-state index is 0. The van der Waals surface area contributed by atoms with Gasteiger partial charge in [0.1, 0.15) is 23.0 Å². The second-order valence-electron chi connectivity index (χ2n) is 27.7. The van der Waals surface area contributed by atoms with E-state index in [0.717, 1.165) is 66.8 Å². The van der Waals surface area contributed by atoms with E-state index < -0.39 is 15.6 Å². The van der Waals surface area contributed by atoms with Crippen molar-refractivity contribution in [3.05, 3.63) is 115 Å². The molecule has 6 rings (SSSR count). The molecule has 0 aliphatic carbocycles. The van der Waals surface area contributed by atoms with Crippen LogP contribution >= 0.6 is 15.6 Å². The van der Waals surface area contributed by atoms with Gasteiger partial charge in [0.25, 0.3) is 0 Å². The van der Waals surface area contributed by atoms with Gasteiger partial charge in [-0.1, -0.05) is 215 Å². The minimum Gasteiger partial charge on any atom is -0.736 e. The molecule has 0 aromatic heterocycles. The topological polar surface area (TPSA) is 117 Å². The number of phosphoric acid groups is 2. The molecule has 8 nitrogen and oxygen atoms in total. The zero-order chi connectivity index (χ0) is 52.1. The molecule has 2 heterocycles. The van der Waals surface area contributed by atoms with Gasteiger partial charge in [0, 0.05) is 35.1 Å². The minimum atomic E-state index is -4.68.